The molecule has 1 atom stereocenters. The maximum atomic E-state index is 9.10. The minimum absolute atomic E-state index is 0.369. The molecule has 3 aromatic carbocycles. The van der Waals surface area contributed by atoms with E-state index in [4.69, 9.17) is 24.5 Å². The molecule has 0 aliphatic heterocycles. The van der Waals surface area contributed by atoms with Crippen LogP contribution in [0, 0.1) is 0 Å². The van der Waals surface area contributed by atoms with Crippen LogP contribution in [0.3, 0.4) is 0 Å². The minimum atomic E-state index is -1.82. The lowest BCUT2D eigenvalue weighted by Gasteiger charge is -2.14. The van der Waals surface area contributed by atoms with Gasteiger partial charge in [0.2, 0.25) is 0 Å². The number of rotatable bonds is 7. The highest BCUT2D eigenvalue weighted by atomic mass is 16.5. The summed E-state index contributed by atoms with van der Waals surface area (Å²) >= 11 is 0. The molecule has 0 aliphatic carbocycles. The van der Waals surface area contributed by atoms with Crippen molar-refractivity contribution in [3.05, 3.63) is 78.4 Å². The van der Waals surface area contributed by atoms with Crippen molar-refractivity contribution >= 4 is 22.7 Å². The molecular formula is C23H25NO5. The van der Waals surface area contributed by atoms with Crippen LogP contribution in [-0.2, 0) is 9.59 Å². The Balaban J connectivity index is 0.000000438. The summed E-state index contributed by atoms with van der Waals surface area (Å²) in [7, 11) is 0. The van der Waals surface area contributed by atoms with Crippen LogP contribution in [0.25, 0.3) is 10.8 Å². The number of carbonyl (C=O) groups is 2. The van der Waals surface area contributed by atoms with Crippen molar-refractivity contribution in [3.63, 3.8) is 0 Å². The highest BCUT2D eigenvalue weighted by molar-refractivity contribution is 6.27. The van der Waals surface area contributed by atoms with Crippen molar-refractivity contribution in [1.82, 2.24) is 5.32 Å². The molecule has 0 aliphatic rings. The normalized spacial score (nSPS) is 11.2. The Labute approximate surface area is 169 Å². The number of fused-ring (bicyclic) bond motifs is 1. The molecule has 29 heavy (non-hydrogen) atoms. The molecule has 3 rings (SSSR count). The van der Waals surface area contributed by atoms with Crippen LogP contribution in [0.1, 0.15) is 24.9 Å². The molecule has 152 valence electrons. The predicted molar refractivity (Wildman–Crippen MR) is 112 cm³/mol. The first-order valence-corrected chi connectivity index (χ1v) is 9.34. The Morgan fingerprint density at radius 1 is 0.897 bits per heavy atom. The second kappa shape index (κ2) is 11.5. The fourth-order valence-corrected chi connectivity index (χ4v) is 2.75. The van der Waals surface area contributed by atoms with Gasteiger partial charge in [0.25, 0.3) is 0 Å². The van der Waals surface area contributed by atoms with Crippen LogP contribution in [0.5, 0.6) is 5.75 Å². The number of carboxylic acid groups (broad SMARTS) is 2. The average molecular weight is 395 g/mol. The summed E-state index contributed by atoms with van der Waals surface area (Å²) in [6.07, 6.45) is 0.987. The van der Waals surface area contributed by atoms with Crippen molar-refractivity contribution in [2.45, 2.75) is 19.4 Å². The van der Waals surface area contributed by atoms with Crippen LogP contribution in [0.2, 0.25) is 0 Å². The molecule has 0 aromatic heterocycles. The van der Waals surface area contributed by atoms with E-state index >= 15 is 0 Å². The largest absolute Gasteiger partial charge is 0.493 e. The Bertz CT molecular complexity index is 909. The Hall–Kier alpha value is -3.38. The third kappa shape index (κ3) is 7.27. The predicted octanol–water partition coefficient (Wildman–Crippen LogP) is 4.12. The molecular weight excluding hydrogens is 370 g/mol. The van der Waals surface area contributed by atoms with E-state index in [0.29, 0.717) is 6.04 Å². The standard InChI is InChI=1S/C21H23NO.C2H2O4/c1-17(18-9-3-2-4-10-18)22-15-8-16-23-21-14-7-12-19-11-5-6-13-20(19)21;3-1(4)2(5)6/h2-7,9-14,17,22H,8,15-16H2,1H3;(H,3,4)(H,5,6). The van der Waals surface area contributed by atoms with Gasteiger partial charge in [-0.15, -0.1) is 0 Å². The summed E-state index contributed by atoms with van der Waals surface area (Å²) < 4.78 is 5.97. The molecule has 3 N–H and O–H groups in total. The monoisotopic (exact) mass is 395 g/mol. The van der Waals surface area contributed by atoms with E-state index in [-0.39, 0.29) is 0 Å². The molecule has 0 radical (unpaired) electrons. The van der Waals surface area contributed by atoms with Crippen LogP contribution in [0.15, 0.2) is 72.8 Å². The van der Waals surface area contributed by atoms with Crippen LogP contribution in [0.4, 0.5) is 0 Å². The molecule has 6 nitrogen and oxygen atoms in total. The Morgan fingerprint density at radius 3 is 2.21 bits per heavy atom. The van der Waals surface area contributed by atoms with E-state index in [1.54, 1.807) is 0 Å². The fourth-order valence-electron chi connectivity index (χ4n) is 2.75. The van der Waals surface area contributed by atoms with Crippen molar-refractivity contribution in [3.8, 4) is 5.75 Å². The van der Waals surface area contributed by atoms with Crippen molar-refractivity contribution in [2.75, 3.05) is 13.2 Å². The molecule has 6 heteroatoms. The van der Waals surface area contributed by atoms with Gasteiger partial charge in [-0.1, -0.05) is 66.7 Å². The van der Waals surface area contributed by atoms with Gasteiger partial charge < -0.3 is 20.3 Å². The number of benzene rings is 3. The number of aliphatic carboxylic acids is 2. The summed E-state index contributed by atoms with van der Waals surface area (Å²) in [5.41, 5.74) is 1.32. The van der Waals surface area contributed by atoms with Crippen molar-refractivity contribution in [2.24, 2.45) is 0 Å². The summed E-state index contributed by atoms with van der Waals surface area (Å²) in [5, 5.41) is 20.7. The molecule has 0 bridgehead atoms. The second-order valence-electron chi connectivity index (χ2n) is 6.38. The molecule has 0 spiro atoms. The third-order valence-corrected chi connectivity index (χ3v) is 4.26. The summed E-state index contributed by atoms with van der Waals surface area (Å²) in [6.45, 7) is 3.87. The zero-order valence-electron chi connectivity index (χ0n) is 16.2. The maximum Gasteiger partial charge on any atom is 0.414 e. The van der Waals surface area contributed by atoms with E-state index < -0.39 is 11.9 Å². The smallest absolute Gasteiger partial charge is 0.414 e. The first-order chi connectivity index (χ1) is 14.0. The third-order valence-electron chi connectivity index (χ3n) is 4.26. The van der Waals surface area contributed by atoms with Gasteiger partial charge in [-0.3, -0.25) is 0 Å². The lowest BCUT2D eigenvalue weighted by atomic mass is 10.1. The van der Waals surface area contributed by atoms with E-state index in [9.17, 15) is 0 Å². The van der Waals surface area contributed by atoms with Gasteiger partial charge in [0.15, 0.2) is 0 Å². The maximum absolute atomic E-state index is 9.10. The van der Waals surface area contributed by atoms with E-state index in [1.807, 2.05) is 18.2 Å². The van der Waals surface area contributed by atoms with Crippen molar-refractivity contribution in [1.29, 1.82) is 0 Å². The van der Waals surface area contributed by atoms with Crippen LogP contribution < -0.4 is 10.1 Å². The quantitative estimate of drug-likeness (QED) is 0.411. The lowest BCUT2D eigenvalue weighted by molar-refractivity contribution is -0.159. The van der Waals surface area contributed by atoms with Crippen molar-refractivity contribution < 1.29 is 24.5 Å². The van der Waals surface area contributed by atoms with E-state index in [1.165, 1.54) is 16.3 Å². The van der Waals surface area contributed by atoms with Crippen LogP contribution in [-0.4, -0.2) is 35.3 Å². The van der Waals surface area contributed by atoms with Gasteiger partial charge in [-0.25, -0.2) is 9.59 Å². The molecule has 0 saturated heterocycles. The van der Waals surface area contributed by atoms with Gasteiger partial charge >= 0.3 is 11.9 Å². The van der Waals surface area contributed by atoms with Crippen LogP contribution >= 0.6 is 0 Å². The van der Waals surface area contributed by atoms with Gasteiger partial charge in [0, 0.05) is 11.4 Å². The fraction of sp³-hybridized carbons (Fsp3) is 0.217. The summed E-state index contributed by atoms with van der Waals surface area (Å²) in [4.78, 5) is 18.2. The average Bonchev–Trinajstić information content (AvgIpc) is 2.74. The van der Waals surface area contributed by atoms with E-state index in [0.717, 1.165) is 25.3 Å². The second-order valence-corrected chi connectivity index (χ2v) is 6.38. The molecule has 3 aromatic rings. The Kier molecular flexibility index (Phi) is 8.66. The zero-order valence-corrected chi connectivity index (χ0v) is 16.2. The topological polar surface area (TPSA) is 95.9 Å². The lowest BCUT2D eigenvalue weighted by Crippen LogP contribution is -2.21. The zero-order chi connectivity index (χ0) is 21.1. The van der Waals surface area contributed by atoms with E-state index in [2.05, 4.69) is 66.8 Å². The van der Waals surface area contributed by atoms with Gasteiger partial charge in [0.1, 0.15) is 5.75 Å². The number of hydrogen-bond acceptors (Lipinski definition) is 4. The number of carboxylic acids is 2. The Morgan fingerprint density at radius 2 is 1.52 bits per heavy atom. The number of ether oxygens (including phenoxy) is 1. The number of nitrogens with one attached hydrogen (secondary N) is 1. The van der Waals surface area contributed by atoms with Gasteiger partial charge in [-0.05, 0) is 36.9 Å². The SMILES string of the molecule is CC(NCCCOc1cccc2ccccc12)c1ccccc1.O=C(O)C(=O)O. The molecule has 0 amide bonds. The highest BCUT2D eigenvalue weighted by Crippen LogP contribution is 2.25. The highest BCUT2D eigenvalue weighted by Gasteiger charge is 2.05. The molecule has 0 heterocycles. The number of hydrogen-bond donors (Lipinski definition) is 3. The molecule has 1 unspecified atom stereocenters. The summed E-state index contributed by atoms with van der Waals surface area (Å²) in [6, 6.07) is 25.4. The van der Waals surface area contributed by atoms with Gasteiger partial charge in [-0.2, -0.15) is 0 Å². The molecule has 0 fully saturated rings. The first-order valence-electron chi connectivity index (χ1n) is 9.34. The van der Waals surface area contributed by atoms with Gasteiger partial charge in [0.05, 0.1) is 6.61 Å². The first kappa shape index (κ1) is 21.9. The molecule has 0 saturated carbocycles. The summed E-state index contributed by atoms with van der Waals surface area (Å²) in [5.74, 6) is -2.68. The minimum Gasteiger partial charge on any atom is -0.493 e.